The van der Waals surface area contributed by atoms with E-state index < -0.39 is 58.5 Å². The molecule has 0 amide bonds. The maximum atomic E-state index is 15.9. The molecule has 7 heteroatoms. The molecule has 0 aliphatic heterocycles. The molecule has 0 unspecified atom stereocenters. The lowest BCUT2D eigenvalue weighted by Gasteiger charge is -2.20. The minimum atomic E-state index is -1.95. The van der Waals surface area contributed by atoms with Crippen molar-refractivity contribution < 1.29 is 17.6 Å². The molecule has 0 atom stereocenters. The summed E-state index contributed by atoms with van der Waals surface area (Å²) in [5.41, 5.74) is -1.35. The Morgan fingerprint density at radius 1 is 0.559 bits per heavy atom. The molecular formula is C27H32F4Si3. The molecule has 2 aromatic rings. The van der Waals surface area contributed by atoms with Crippen LogP contribution < -0.4 is 0 Å². The van der Waals surface area contributed by atoms with Gasteiger partial charge in [-0.1, -0.05) is 89.0 Å². The van der Waals surface area contributed by atoms with E-state index in [0.717, 1.165) is 0 Å². The van der Waals surface area contributed by atoms with Crippen molar-refractivity contribution in [2.75, 3.05) is 0 Å². The Balaban J connectivity index is 1.75. The Kier molecular flexibility index (Phi) is 4.38. The van der Waals surface area contributed by atoms with Crippen LogP contribution in [0.5, 0.6) is 0 Å². The van der Waals surface area contributed by atoms with Gasteiger partial charge in [0.1, 0.15) is 5.56 Å². The molecule has 0 aromatic heterocycles. The molecule has 0 radical (unpaired) electrons. The maximum Gasteiger partial charge on any atom is 0.177 e. The fourth-order valence-corrected chi connectivity index (χ4v) is 30.2. The van der Waals surface area contributed by atoms with Crippen LogP contribution in [0.2, 0.25) is 74.0 Å². The zero-order valence-corrected chi connectivity index (χ0v) is 24.4. The van der Waals surface area contributed by atoms with E-state index >= 15 is 17.6 Å². The standard InChI is InChI=1S/C27H32F4Si3/c1-32(2,3)25-24(26(25,33(4,5)6)27(24,25)34(7,8)9)19-22(30)20(28)18(21(29)23(19)31)16-15-17-13-11-10-12-14-17/h10-14H,1-9H3. The lowest BCUT2D eigenvalue weighted by Crippen LogP contribution is -2.26. The van der Waals surface area contributed by atoms with Gasteiger partial charge in [-0.05, 0) is 27.2 Å². The number of halogens is 4. The first-order valence-electron chi connectivity index (χ1n) is 11.9. The van der Waals surface area contributed by atoms with E-state index in [9.17, 15) is 0 Å². The second-order valence-electron chi connectivity index (χ2n) is 13.4. The van der Waals surface area contributed by atoms with Gasteiger partial charge in [-0.2, -0.15) is 0 Å². The first kappa shape index (κ1) is 24.1. The van der Waals surface area contributed by atoms with E-state index in [2.05, 4.69) is 70.8 Å². The summed E-state index contributed by atoms with van der Waals surface area (Å²) in [4.78, 5) is 0. The van der Waals surface area contributed by atoms with Crippen LogP contribution in [0.1, 0.15) is 16.7 Å². The Bertz CT molecular complexity index is 1220. The molecule has 4 saturated carbocycles. The minimum absolute atomic E-state index is 0.160. The molecule has 0 saturated heterocycles. The van der Waals surface area contributed by atoms with Crippen molar-refractivity contribution in [2.45, 2.75) is 79.5 Å². The Hall–Kier alpha value is -1.63. The molecule has 180 valence electrons. The number of hydrogen-bond donors (Lipinski definition) is 0. The van der Waals surface area contributed by atoms with Gasteiger partial charge in [-0.25, -0.2) is 17.6 Å². The maximum absolute atomic E-state index is 15.9. The van der Waals surface area contributed by atoms with Gasteiger partial charge < -0.3 is 0 Å². The second-order valence-corrected chi connectivity index (χ2v) is 29.1. The largest absolute Gasteiger partial charge is 0.203 e. The summed E-state index contributed by atoms with van der Waals surface area (Å²) in [6.45, 7) is 20.4. The van der Waals surface area contributed by atoms with Crippen molar-refractivity contribution in [3.05, 3.63) is 70.3 Å². The average Bonchev–Trinajstić information content (AvgIpc) is 3.59. The summed E-state index contributed by atoms with van der Waals surface area (Å²) in [5, 5.41) is -0.480. The average molecular weight is 517 g/mol. The summed E-state index contributed by atoms with van der Waals surface area (Å²) in [6, 6.07) is 8.63. The third-order valence-electron chi connectivity index (χ3n) is 9.24. The molecule has 0 spiro atoms. The SMILES string of the molecule is C[Si](C)(C)C12C3(c4c(F)c(F)c(C#Cc5ccccc5)c(F)c4F)C1([Si](C)(C)C)C32[Si](C)(C)C. The van der Waals surface area contributed by atoms with Crippen molar-refractivity contribution in [3.8, 4) is 11.8 Å². The second kappa shape index (κ2) is 6.19. The van der Waals surface area contributed by atoms with Gasteiger partial charge in [0.2, 0.25) is 0 Å². The Labute approximate surface area is 203 Å². The van der Waals surface area contributed by atoms with Gasteiger partial charge in [0.15, 0.2) is 23.3 Å². The van der Waals surface area contributed by atoms with Crippen LogP contribution in [0.4, 0.5) is 17.6 Å². The molecule has 0 bridgehead atoms. The predicted octanol–water partition coefficient (Wildman–Crippen LogP) is 8.16. The number of benzene rings is 2. The molecular weight excluding hydrogens is 485 g/mol. The summed E-state index contributed by atoms with van der Waals surface area (Å²) < 4.78 is 62.6. The van der Waals surface area contributed by atoms with E-state index in [-0.39, 0.29) is 20.7 Å². The fourth-order valence-electron chi connectivity index (χ4n) is 9.41. The third kappa shape index (κ3) is 2.00. The highest BCUT2D eigenvalue weighted by atomic mass is 28.3. The van der Waals surface area contributed by atoms with Crippen LogP contribution in [0, 0.1) is 35.1 Å². The Morgan fingerprint density at radius 3 is 1.29 bits per heavy atom. The zero-order chi connectivity index (χ0) is 25.5. The highest BCUT2D eigenvalue weighted by Gasteiger charge is 3.39. The highest BCUT2D eigenvalue weighted by Crippen LogP contribution is 3.49. The summed E-state index contributed by atoms with van der Waals surface area (Å²) in [5.74, 6) is -0.159. The van der Waals surface area contributed by atoms with Gasteiger partial charge in [-0.3, -0.25) is 0 Å². The first-order valence-corrected chi connectivity index (χ1v) is 22.4. The van der Waals surface area contributed by atoms with E-state index in [1.807, 2.05) is 0 Å². The van der Waals surface area contributed by atoms with Crippen molar-refractivity contribution in [3.63, 3.8) is 0 Å². The molecule has 4 aliphatic carbocycles. The molecule has 0 N–H and O–H groups in total. The van der Waals surface area contributed by atoms with Crippen LogP contribution in [0.25, 0.3) is 0 Å². The van der Waals surface area contributed by atoms with Gasteiger partial charge in [0, 0.05) is 16.5 Å². The quantitative estimate of drug-likeness (QED) is 0.166. The first-order chi connectivity index (χ1) is 15.5. The van der Waals surface area contributed by atoms with Gasteiger partial charge in [0.25, 0.3) is 0 Å². The van der Waals surface area contributed by atoms with Gasteiger partial charge in [-0.15, -0.1) is 0 Å². The van der Waals surface area contributed by atoms with Crippen LogP contribution in [0.3, 0.4) is 0 Å². The van der Waals surface area contributed by atoms with E-state index in [4.69, 9.17) is 0 Å². The summed E-state index contributed by atoms with van der Waals surface area (Å²) >= 11 is 0. The monoisotopic (exact) mass is 516 g/mol. The highest BCUT2D eigenvalue weighted by molar-refractivity contribution is 7.06. The normalized spacial score (nSPS) is 33.1. The van der Waals surface area contributed by atoms with Crippen LogP contribution in [-0.4, -0.2) is 24.2 Å². The van der Waals surface area contributed by atoms with Crippen LogP contribution >= 0.6 is 0 Å². The molecule has 4 aliphatic rings. The van der Waals surface area contributed by atoms with Crippen molar-refractivity contribution in [1.29, 1.82) is 0 Å². The lowest BCUT2D eigenvalue weighted by atomic mass is 10.0. The number of rotatable bonds is 4. The Morgan fingerprint density at radius 2 is 0.941 bits per heavy atom. The zero-order valence-electron chi connectivity index (χ0n) is 21.4. The van der Waals surface area contributed by atoms with Crippen LogP contribution in [-0.2, 0) is 5.41 Å². The van der Waals surface area contributed by atoms with Gasteiger partial charge in [0.05, 0.1) is 24.2 Å². The topological polar surface area (TPSA) is 0 Å². The fraction of sp³-hybridized carbons (Fsp3) is 0.481. The van der Waals surface area contributed by atoms with Gasteiger partial charge >= 0.3 is 0 Å². The van der Waals surface area contributed by atoms with E-state index in [1.165, 1.54) is 0 Å². The van der Waals surface area contributed by atoms with E-state index in [0.29, 0.717) is 5.56 Å². The molecule has 0 heterocycles. The number of hydrogen-bond acceptors (Lipinski definition) is 0. The minimum Gasteiger partial charge on any atom is -0.203 e. The van der Waals surface area contributed by atoms with Crippen molar-refractivity contribution in [2.24, 2.45) is 0 Å². The smallest absolute Gasteiger partial charge is 0.177 e. The third-order valence-corrected chi connectivity index (χ3v) is 20.1. The predicted molar refractivity (Wildman–Crippen MR) is 138 cm³/mol. The lowest BCUT2D eigenvalue weighted by molar-refractivity contribution is 0.434. The summed E-state index contributed by atoms with van der Waals surface area (Å²) in [7, 11) is -5.84. The van der Waals surface area contributed by atoms with E-state index in [1.54, 1.807) is 30.3 Å². The molecule has 4 fully saturated rings. The molecule has 0 nitrogen and oxygen atoms in total. The van der Waals surface area contributed by atoms with Crippen molar-refractivity contribution in [1.82, 2.24) is 0 Å². The molecule has 34 heavy (non-hydrogen) atoms. The molecule has 6 rings (SSSR count). The molecule has 2 aromatic carbocycles. The summed E-state index contributed by atoms with van der Waals surface area (Å²) in [6.07, 6.45) is 0. The van der Waals surface area contributed by atoms with Crippen molar-refractivity contribution >= 4 is 24.2 Å². The van der Waals surface area contributed by atoms with Crippen LogP contribution in [0.15, 0.2) is 30.3 Å².